The van der Waals surface area contributed by atoms with Crippen molar-refractivity contribution >= 4 is 28.3 Å². The van der Waals surface area contributed by atoms with Gasteiger partial charge in [-0.25, -0.2) is 0 Å². The van der Waals surface area contributed by atoms with E-state index in [0.29, 0.717) is 16.7 Å². The normalized spacial score (nSPS) is 17.3. The molecule has 0 atom stereocenters. The summed E-state index contributed by atoms with van der Waals surface area (Å²) >= 11 is 0. The molecular formula is C17H16N2O4. The van der Waals surface area contributed by atoms with Gasteiger partial charge in [0.15, 0.2) is 0 Å². The predicted octanol–water partition coefficient (Wildman–Crippen LogP) is 2.43. The molecule has 2 amide bonds. The molecule has 0 spiro atoms. The van der Waals surface area contributed by atoms with Crippen LogP contribution in [0, 0.1) is 0 Å². The van der Waals surface area contributed by atoms with Gasteiger partial charge in [-0.1, -0.05) is 0 Å². The highest BCUT2D eigenvalue weighted by Gasteiger charge is 2.34. The van der Waals surface area contributed by atoms with E-state index in [2.05, 4.69) is 4.90 Å². The molecule has 2 aromatic rings. The molecule has 0 bridgehead atoms. The number of anilines is 1. The Balaban J connectivity index is 2.07. The zero-order chi connectivity index (χ0) is 16.1. The second-order valence-electron chi connectivity index (χ2n) is 5.85. The van der Waals surface area contributed by atoms with E-state index in [1.807, 2.05) is 12.1 Å². The van der Waals surface area contributed by atoms with E-state index in [-0.39, 0.29) is 10.6 Å². The van der Waals surface area contributed by atoms with E-state index < -0.39 is 11.8 Å². The first-order valence-electron chi connectivity index (χ1n) is 7.59. The van der Waals surface area contributed by atoms with E-state index in [4.69, 9.17) is 4.74 Å². The number of amides is 2. The zero-order valence-corrected chi connectivity index (χ0v) is 12.7. The molecule has 0 aromatic heterocycles. The van der Waals surface area contributed by atoms with E-state index in [9.17, 15) is 14.8 Å². The summed E-state index contributed by atoms with van der Waals surface area (Å²) in [5.74, 6) is -0.878. The molecule has 6 nitrogen and oxygen atoms in total. The van der Waals surface area contributed by atoms with Crippen LogP contribution in [-0.4, -0.2) is 42.3 Å². The molecular weight excluding hydrogens is 296 g/mol. The Kier molecular flexibility index (Phi) is 3.02. The highest BCUT2D eigenvalue weighted by molar-refractivity contribution is 6.26. The van der Waals surface area contributed by atoms with Crippen LogP contribution < -0.4 is 9.64 Å². The average Bonchev–Trinajstić information content (AvgIpc) is 3.11. The molecule has 2 aromatic carbocycles. The minimum absolute atomic E-state index is 0.173. The van der Waals surface area contributed by atoms with Gasteiger partial charge in [0.2, 0.25) is 0 Å². The number of nitrogens with zero attached hydrogens (tertiary/aromatic N) is 2. The smallest absolute Gasteiger partial charge is 0.285 e. The molecule has 4 rings (SSSR count). The fourth-order valence-electron chi connectivity index (χ4n) is 3.46. The number of hydroxylamine groups is 2. The summed E-state index contributed by atoms with van der Waals surface area (Å²) in [6, 6.07) is 6.98. The van der Waals surface area contributed by atoms with Crippen LogP contribution in [0.3, 0.4) is 0 Å². The second kappa shape index (κ2) is 4.96. The summed E-state index contributed by atoms with van der Waals surface area (Å²) in [7, 11) is 1.53. The fourth-order valence-corrected chi connectivity index (χ4v) is 3.46. The van der Waals surface area contributed by atoms with Gasteiger partial charge in [0, 0.05) is 29.5 Å². The van der Waals surface area contributed by atoms with Gasteiger partial charge < -0.3 is 9.64 Å². The first-order valence-corrected chi connectivity index (χ1v) is 7.59. The number of hydrogen-bond donors (Lipinski definition) is 1. The lowest BCUT2D eigenvalue weighted by atomic mass is 9.93. The lowest BCUT2D eigenvalue weighted by molar-refractivity contribution is -0.0377. The van der Waals surface area contributed by atoms with Crippen LogP contribution in [0.1, 0.15) is 33.6 Å². The Morgan fingerprint density at radius 2 is 1.74 bits per heavy atom. The van der Waals surface area contributed by atoms with Crippen molar-refractivity contribution in [3.8, 4) is 5.75 Å². The molecule has 1 saturated heterocycles. The third-order valence-electron chi connectivity index (χ3n) is 4.59. The maximum absolute atomic E-state index is 12.3. The number of carbonyl (C=O) groups is 2. The van der Waals surface area contributed by atoms with Crippen LogP contribution in [-0.2, 0) is 0 Å². The molecule has 0 aliphatic carbocycles. The molecule has 23 heavy (non-hydrogen) atoms. The van der Waals surface area contributed by atoms with Crippen molar-refractivity contribution in [2.75, 3.05) is 25.1 Å². The lowest BCUT2D eigenvalue weighted by Gasteiger charge is -2.26. The van der Waals surface area contributed by atoms with Crippen molar-refractivity contribution in [1.29, 1.82) is 0 Å². The third-order valence-corrected chi connectivity index (χ3v) is 4.59. The van der Waals surface area contributed by atoms with E-state index >= 15 is 0 Å². The standard InChI is InChI=1S/C17H16N2O4/c1-23-10-8-12-14(18-6-2-3-7-18)5-4-11-15(12)13(9-10)17(21)19(22)16(11)20/h4-5,8-9,22H,2-3,6-7H2,1H3. The second-order valence-corrected chi connectivity index (χ2v) is 5.85. The SMILES string of the molecule is COc1cc2c3c(ccc(N4CCCC4)c3c1)C(=O)N(O)C2=O. The Morgan fingerprint density at radius 3 is 2.43 bits per heavy atom. The number of methoxy groups -OCH3 is 1. The van der Waals surface area contributed by atoms with E-state index in [1.165, 1.54) is 7.11 Å². The van der Waals surface area contributed by atoms with Crippen molar-refractivity contribution in [3.05, 3.63) is 35.4 Å². The number of imide groups is 1. The summed E-state index contributed by atoms with van der Waals surface area (Å²) in [6.45, 7) is 1.91. The average molecular weight is 312 g/mol. The monoisotopic (exact) mass is 312 g/mol. The first-order chi connectivity index (χ1) is 11.1. The minimum Gasteiger partial charge on any atom is -0.497 e. The van der Waals surface area contributed by atoms with Crippen LogP contribution in [0.15, 0.2) is 24.3 Å². The van der Waals surface area contributed by atoms with Crippen molar-refractivity contribution in [2.45, 2.75) is 12.8 Å². The third kappa shape index (κ3) is 1.91. The van der Waals surface area contributed by atoms with Gasteiger partial charge in [-0.3, -0.25) is 14.8 Å². The Hall–Kier alpha value is -2.60. The largest absolute Gasteiger partial charge is 0.497 e. The molecule has 0 saturated carbocycles. The Morgan fingerprint density at radius 1 is 1.04 bits per heavy atom. The van der Waals surface area contributed by atoms with Gasteiger partial charge in [0.25, 0.3) is 11.8 Å². The maximum atomic E-state index is 12.3. The van der Waals surface area contributed by atoms with Crippen LogP contribution in [0.25, 0.3) is 10.8 Å². The highest BCUT2D eigenvalue weighted by atomic mass is 16.5. The predicted molar refractivity (Wildman–Crippen MR) is 84.2 cm³/mol. The molecule has 1 N–H and O–H groups in total. The van der Waals surface area contributed by atoms with Gasteiger partial charge in [0.05, 0.1) is 18.2 Å². The van der Waals surface area contributed by atoms with Gasteiger partial charge >= 0.3 is 0 Å². The molecule has 2 heterocycles. The number of ether oxygens (including phenoxy) is 1. The quantitative estimate of drug-likeness (QED) is 0.681. The van der Waals surface area contributed by atoms with E-state index in [0.717, 1.165) is 37.0 Å². The lowest BCUT2D eigenvalue weighted by Crippen LogP contribution is -2.37. The molecule has 6 heteroatoms. The Bertz CT molecular complexity index is 840. The summed E-state index contributed by atoms with van der Waals surface area (Å²) in [4.78, 5) is 26.8. The van der Waals surface area contributed by atoms with Crippen LogP contribution in [0.5, 0.6) is 5.75 Å². The number of hydrogen-bond acceptors (Lipinski definition) is 5. The molecule has 2 aliphatic heterocycles. The molecule has 2 aliphatic rings. The highest BCUT2D eigenvalue weighted by Crippen LogP contribution is 2.39. The molecule has 0 radical (unpaired) electrons. The van der Waals surface area contributed by atoms with Crippen molar-refractivity contribution in [2.24, 2.45) is 0 Å². The van der Waals surface area contributed by atoms with Crippen molar-refractivity contribution < 1.29 is 19.5 Å². The molecule has 1 fully saturated rings. The first kappa shape index (κ1) is 14.0. The topological polar surface area (TPSA) is 70.1 Å². The summed E-state index contributed by atoms with van der Waals surface area (Å²) in [5.41, 5.74) is 1.62. The fraction of sp³-hybridized carbons (Fsp3) is 0.294. The molecule has 118 valence electrons. The molecule has 0 unspecified atom stereocenters. The summed E-state index contributed by atoms with van der Waals surface area (Å²) in [6.07, 6.45) is 2.25. The number of carbonyl (C=O) groups excluding carboxylic acids is 2. The van der Waals surface area contributed by atoms with Crippen LogP contribution >= 0.6 is 0 Å². The zero-order valence-electron chi connectivity index (χ0n) is 12.7. The van der Waals surface area contributed by atoms with Crippen molar-refractivity contribution in [3.63, 3.8) is 0 Å². The van der Waals surface area contributed by atoms with E-state index in [1.54, 1.807) is 12.1 Å². The van der Waals surface area contributed by atoms with Gasteiger partial charge in [0.1, 0.15) is 5.75 Å². The number of rotatable bonds is 2. The number of benzene rings is 2. The van der Waals surface area contributed by atoms with Gasteiger partial charge in [-0.15, -0.1) is 5.06 Å². The maximum Gasteiger partial charge on any atom is 0.285 e. The Labute approximate surface area is 132 Å². The van der Waals surface area contributed by atoms with Gasteiger partial charge in [-0.2, -0.15) is 0 Å². The van der Waals surface area contributed by atoms with Gasteiger partial charge in [-0.05, 0) is 37.1 Å². The minimum atomic E-state index is -0.718. The summed E-state index contributed by atoms with van der Waals surface area (Å²) < 4.78 is 5.30. The van der Waals surface area contributed by atoms with Crippen LogP contribution in [0.2, 0.25) is 0 Å². The van der Waals surface area contributed by atoms with Crippen molar-refractivity contribution in [1.82, 2.24) is 5.06 Å². The summed E-state index contributed by atoms with van der Waals surface area (Å²) in [5, 5.41) is 11.4. The van der Waals surface area contributed by atoms with Crippen LogP contribution in [0.4, 0.5) is 5.69 Å².